The lowest BCUT2D eigenvalue weighted by Crippen LogP contribution is -2.17. The Morgan fingerprint density at radius 2 is 1.94 bits per heavy atom. The van der Waals surface area contributed by atoms with Crippen LogP contribution in [0.1, 0.15) is 45.7 Å². The molecule has 9 heteroatoms. The van der Waals surface area contributed by atoms with E-state index in [1.807, 2.05) is 43.0 Å². The Labute approximate surface area is 198 Å². The van der Waals surface area contributed by atoms with Crippen molar-refractivity contribution in [3.63, 3.8) is 0 Å². The molecule has 2 N–H and O–H groups in total. The van der Waals surface area contributed by atoms with Gasteiger partial charge < -0.3 is 19.7 Å². The summed E-state index contributed by atoms with van der Waals surface area (Å²) in [4.78, 5) is 30.5. The number of halogens is 1. The lowest BCUT2D eigenvalue weighted by atomic mass is 10.0. The summed E-state index contributed by atoms with van der Waals surface area (Å²) in [6.07, 6.45) is 0. The molecule has 2 aromatic carbocycles. The minimum Gasteiger partial charge on any atom is -0.476 e. The van der Waals surface area contributed by atoms with Crippen LogP contribution in [0, 0.1) is 6.92 Å². The van der Waals surface area contributed by atoms with Crippen molar-refractivity contribution in [3.8, 4) is 0 Å². The highest BCUT2D eigenvalue weighted by atomic mass is 35.5. The van der Waals surface area contributed by atoms with Gasteiger partial charge in [0.05, 0.1) is 11.4 Å². The molecule has 0 saturated carbocycles. The molecule has 4 aromatic rings. The third-order valence-corrected chi connectivity index (χ3v) is 6.85. The van der Waals surface area contributed by atoms with E-state index in [1.54, 1.807) is 6.07 Å². The van der Waals surface area contributed by atoms with E-state index in [0.29, 0.717) is 34.9 Å². The fourth-order valence-corrected chi connectivity index (χ4v) is 5.29. The largest absolute Gasteiger partial charge is 0.476 e. The molecular weight excluding hydrogens is 462 g/mol. The van der Waals surface area contributed by atoms with Crippen molar-refractivity contribution in [1.82, 2.24) is 4.98 Å². The summed E-state index contributed by atoms with van der Waals surface area (Å²) in [6.45, 7) is 5.13. The smallest absolute Gasteiger partial charge is 0.357 e. The first-order valence-electron chi connectivity index (χ1n) is 10.4. The number of nitrogens with zero attached hydrogens (tertiary/aromatic N) is 2. The summed E-state index contributed by atoms with van der Waals surface area (Å²) < 4.78 is 6.45. The molecule has 1 atom stereocenters. The first kappa shape index (κ1) is 21.5. The molecule has 0 aliphatic carbocycles. The Balaban J connectivity index is 1.56. The molecule has 0 amide bonds. The van der Waals surface area contributed by atoms with Crippen LogP contribution in [-0.2, 0) is 13.1 Å². The van der Waals surface area contributed by atoms with Crippen LogP contribution in [0.4, 0.5) is 10.9 Å². The first-order chi connectivity index (χ1) is 15.8. The second kappa shape index (κ2) is 8.20. The normalized spacial score (nSPS) is 13.8. The van der Waals surface area contributed by atoms with Gasteiger partial charge in [-0.2, -0.15) is 0 Å². The van der Waals surface area contributed by atoms with Crippen LogP contribution in [0.5, 0.6) is 0 Å². The second-order valence-electron chi connectivity index (χ2n) is 8.12. The van der Waals surface area contributed by atoms with Crippen LogP contribution in [0.15, 0.2) is 51.7 Å². The maximum atomic E-state index is 13.1. The SMILES string of the molecule is Cc1cc([C@@H](C)Nc2sc(Cl)nc2C(=O)O)c2oc(N3Cc4ccccc4C3)cc(=O)c2c1. The number of anilines is 2. The number of hydrogen-bond acceptors (Lipinski definition) is 7. The van der Waals surface area contributed by atoms with Gasteiger partial charge in [0.15, 0.2) is 15.6 Å². The fourth-order valence-electron chi connectivity index (χ4n) is 4.20. The van der Waals surface area contributed by atoms with Gasteiger partial charge in [0, 0.05) is 24.7 Å². The minimum atomic E-state index is -1.16. The summed E-state index contributed by atoms with van der Waals surface area (Å²) in [6, 6.07) is 13.1. The fraction of sp³-hybridized carbons (Fsp3) is 0.208. The van der Waals surface area contributed by atoms with Gasteiger partial charge in [-0.1, -0.05) is 53.3 Å². The lowest BCUT2D eigenvalue weighted by Gasteiger charge is -2.20. The van der Waals surface area contributed by atoms with Crippen molar-refractivity contribution >= 4 is 50.8 Å². The predicted molar refractivity (Wildman–Crippen MR) is 130 cm³/mol. The Bertz CT molecular complexity index is 1440. The third kappa shape index (κ3) is 3.96. The van der Waals surface area contributed by atoms with Crippen LogP contribution in [0.2, 0.25) is 4.47 Å². The Hall–Kier alpha value is -3.36. The van der Waals surface area contributed by atoms with Gasteiger partial charge in [0.1, 0.15) is 10.6 Å². The number of carbonyl (C=O) groups is 1. The van der Waals surface area contributed by atoms with Gasteiger partial charge >= 0.3 is 5.97 Å². The summed E-state index contributed by atoms with van der Waals surface area (Å²) in [7, 11) is 0. The van der Waals surface area contributed by atoms with Crippen molar-refractivity contribution in [2.75, 3.05) is 10.2 Å². The summed E-state index contributed by atoms with van der Waals surface area (Å²) in [5.74, 6) is -0.655. The predicted octanol–water partition coefficient (Wildman–Crippen LogP) is 5.60. The topological polar surface area (TPSA) is 95.7 Å². The average Bonchev–Trinajstić information content (AvgIpc) is 3.37. The zero-order chi connectivity index (χ0) is 23.3. The monoisotopic (exact) mass is 481 g/mol. The van der Waals surface area contributed by atoms with Crippen LogP contribution in [0.25, 0.3) is 11.0 Å². The number of thiazole rings is 1. The van der Waals surface area contributed by atoms with Crippen molar-refractivity contribution in [1.29, 1.82) is 0 Å². The van der Waals surface area contributed by atoms with Crippen LogP contribution >= 0.6 is 22.9 Å². The van der Waals surface area contributed by atoms with E-state index < -0.39 is 5.97 Å². The molecule has 0 unspecified atom stereocenters. The average molecular weight is 482 g/mol. The molecule has 0 fully saturated rings. The van der Waals surface area contributed by atoms with Gasteiger partial charge in [-0.15, -0.1) is 0 Å². The standard InChI is InChI=1S/C24H20ClN3O4S/c1-12-7-16(13(2)26-22-20(23(30)31)27-24(25)33-22)21-17(8-12)18(29)9-19(32-21)28-10-14-5-3-4-6-15(14)11-28/h3-9,13,26H,10-11H2,1-2H3,(H,30,31)/t13-/m1/s1. The zero-order valence-corrected chi connectivity index (χ0v) is 19.5. The molecule has 0 saturated heterocycles. The molecule has 0 spiro atoms. The number of nitrogens with one attached hydrogen (secondary N) is 1. The van der Waals surface area contributed by atoms with Gasteiger partial charge in [-0.05, 0) is 36.6 Å². The Morgan fingerprint density at radius 3 is 2.61 bits per heavy atom. The molecule has 1 aliphatic rings. The molecule has 7 nitrogen and oxygen atoms in total. The molecule has 33 heavy (non-hydrogen) atoms. The molecule has 2 aromatic heterocycles. The van der Waals surface area contributed by atoms with Gasteiger partial charge in [0.2, 0.25) is 5.88 Å². The number of rotatable bonds is 5. The minimum absolute atomic E-state index is 0.119. The van der Waals surface area contributed by atoms with Crippen molar-refractivity contribution in [3.05, 3.63) is 85.1 Å². The van der Waals surface area contributed by atoms with E-state index in [-0.39, 0.29) is 21.6 Å². The molecule has 3 heterocycles. The van der Waals surface area contributed by atoms with E-state index in [0.717, 1.165) is 22.5 Å². The first-order valence-corrected chi connectivity index (χ1v) is 11.6. The van der Waals surface area contributed by atoms with Crippen molar-refractivity contribution in [2.24, 2.45) is 0 Å². The number of benzene rings is 2. The van der Waals surface area contributed by atoms with Gasteiger partial charge in [-0.25, -0.2) is 9.78 Å². The van der Waals surface area contributed by atoms with Crippen molar-refractivity contribution in [2.45, 2.75) is 33.0 Å². The number of carboxylic acid groups (broad SMARTS) is 1. The molecule has 1 aliphatic heterocycles. The number of aromatic carboxylic acids is 1. The Morgan fingerprint density at radius 1 is 1.24 bits per heavy atom. The summed E-state index contributed by atoms with van der Waals surface area (Å²) in [5, 5.41) is 13.4. The van der Waals surface area contributed by atoms with Crippen LogP contribution in [-0.4, -0.2) is 16.1 Å². The molecule has 168 valence electrons. The second-order valence-corrected chi connectivity index (χ2v) is 9.70. The van der Waals surface area contributed by atoms with Crippen LogP contribution in [0.3, 0.4) is 0 Å². The van der Waals surface area contributed by atoms with E-state index in [4.69, 9.17) is 16.0 Å². The summed E-state index contributed by atoms with van der Waals surface area (Å²) in [5.41, 5.74) is 4.30. The molecule has 5 rings (SSSR count). The number of aromatic nitrogens is 1. The number of aryl methyl sites for hydroxylation is 1. The highest BCUT2D eigenvalue weighted by Crippen LogP contribution is 2.35. The van der Waals surface area contributed by atoms with E-state index in [9.17, 15) is 14.7 Å². The zero-order valence-electron chi connectivity index (χ0n) is 17.9. The van der Waals surface area contributed by atoms with E-state index >= 15 is 0 Å². The number of hydrogen-bond donors (Lipinski definition) is 2. The van der Waals surface area contributed by atoms with E-state index in [1.165, 1.54) is 11.1 Å². The van der Waals surface area contributed by atoms with E-state index in [2.05, 4.69) is 22.4 Å². The third-order valence-electron chi connectivity index (χ3n) is 5.76. The lowest BCUT2D eigenvalue weighted by molar-refractivity contribution is 0.0692. The molecular formula is C24H20ClN3O4S. The van der Waals surface area contributed by atoms with Crippen molar-refractivity contribution < 1.29 is 14.3 Å². The maximum absolute atomic E-state index is 13.1. The summed E-state index contributed by atoms with van der Waals surface area (Å²) >= 11 is 7.01. The maximum Gasteiger partial charge on any atom is 0.357 e. The molecule has 0 radical (unpaired) electrons. The number of fused-ring (bicyclic) bond motifs is 2. The van der Waals surface area contributed by atoms with Gasteiger partial charge in [-0.3, -0.25) is 4.79 Å². The Kier molecular flexibility index (Phi) is 5.34. The number of carboxylic acids is 1. The quantitative estimate of drug-likeness (QED) is 0.383. The molecule has 0 bridgehead atoms. The van der Waals surface area contributed by atoms with Crippen LogP contribution < -0.4 is 15.6 Å². The van der Waals surface area contributed by atoms with Gasteiger partial charge in [0.25, 0.3) is 0 Å². The highest BCUT2D eigenvalue weighted by Gasteiger charge is 2.24. The highest BCUT2D eigenvalue weighted by molar-refractivity contribution is 7.19.